The summed E-state index contributed by atoms with van der Waals surface area (Å²) in [6.07, 6.45) is 5.52. The summed E-state index contributed by atoms with van der Waals surface area (Å²) in [5.41, 5.74) is 4.24. The predicted molar refractivity (Wildman–Crippen MR) is 78.7 cm³/mol. The number of rotatable bonds is 5. The molecule has 2 unspecified atom stereocenters. The summed E-state index contributed by atoms with van der Waals surface area (Å²) in [7, 11) is 0. The Hall–Kier alpha value is -1.39. The zero-order valence-electron chi connectivity index (χ0n) is 12.1. The summed E-state index contributed by atoms with van der Waals surface area (Å²) in [6, 6.07) is 7.89. The molecule has 1 aromatic rings. The number of ether oxygens (including phenoxy) is 1. The smallest absolute Gasteiger partial charge is 0.238 e. The van der Waals surface area contributed by atoms with Crippen LogP contribution in [-0.4, -0.2) is 12.0 Å². The number of nitrogens with two attached hydrogens (primary N) is 1. The number of hydrazine groups is 1. The fourth-order valence-corrected chi connectivity index (χ4v) is 2.83. The third kappa shape index (κ3) is 4.32. The van der Waals surface area contributed by atoms with Gasteiger partial charge >= 0.3 is 0 Å². The van der Waals surface area contributed by atoms with Gasteiger partial charge in [-0.1, -0.05) is 44.0 Å². The fourth-order valence-electron chi connectivity index (χ4n) is 2.83. The van der Waals surface area contributed by atoms with Crippen molar-refractivity contribution in [3.63, 3.8) is 0 Å². The highest BCUT2D eigenvalue weighted by Gasteiger charge is 2.19. The van der Waals surface area contributed by atoms with E-state index >= 15 is 0 Å². The molecule has 1 aromatic carbocycles. The van der Waals surface area contributed by atoms with Gasteiger partial charge in [-0.05, 0) is 29.9 Å². The molecule has 4 heteroatoms. The van der Waals surface area contributed by atoms with E-state index in [0.29, 0.717) is 19.1 Å². The number of carbonyl (C=O) groups excluding carboxylic acids is 1. The highest BCUT2D eigenvalue weighted by molar-refractivity contribution is 5.78. The van der Waals surface area contributed by atoms with Crippen LogP contribution in [0.5, 0.6) is 0 Å². The summed E-state index contributed by atoms with van der Waals surface area (Å²) >= 11 is 0. The van der Waals surface area contributed by atoms with Gasteiger partial charge in [0.15, 0.2) is 0 Å². The average Bonchev–Trinajstić information content (AvgIpc) is 2.46. The molecule has 3 N–H and O–H groups in total. The van der Waals surface area contributed by atoms with E-state index in [0.717, 1.165) is 29.9 Å². The van der Waals surface area contributed by atoms with Crippen molar-refractivity contribution >= 4 is 5.91 Å². The van der Waals surface area contributed by atoms with E-state index in [4.69, 9.17) is 10.6 Å². The number of amides is 1. The summed E-state index contributed by atoms with van der Waals surface area (Å²) in [5, 5.41) is 0. The van der Waals surface area contributed by atoms with Crippen LogP contribution < -0.4 is 11.3 Å². The maximum atomic E-state index is 11.4. The molecule has 0 saturated heterocycles. The number of benzene rings is 1. The largest absolute Gasteiger partial charge is 0.374 e. The van der Waals surface area contributed by atoms with Crippen LogP contribution in [0.1, 0.15) is 43.7 Å². The third-order valence-corrected chi connectivity index (χ3v) is 3.99. The molecule has 4 nitrogen and oxygen atoms in total. The normalized spacial score (nSPS) is 22.5. The topological polar surface area (TPSA) is 64.3 Å². The van der Waals surface area contributed by atoms with Crippen LogP contribution in [0.25, 0.3) is 0 Å². The molecule has 1 amide bonds. The standard InChI is InChI=1S/C16H24N2O2/c1-12-5-4-8-15(9-12)20-11-14-7-3-2-6-13(14)10-16(19)18-17/h2-3,6-7,12,15H,4-5,8-11,17H2,1H3,(H,18,19). The molecule has 1 fully saturated rings. The minimum atomic E-state index is -0.177. The Labute approximate surface area is 120 Å². The molecule has 0 spiro atoms. The number of hydrogen-bond donors (Lipinski definition) is 2. The Kier molecular flexibility index (Phi) is 5.56. The second kappa shape index (κ2) is 7.41. The zero-order valence-corrected chi connectivity index (χ0v) is 12.1. The van der Waals surface area contributed by atoms with Crippen molar-refractivity contribution in [2.24, 2.45) is 11.8 Å². The van der Waals surface area contributed by atoms with Gasteiger partial charge in [0.2, 0.25) is 5.91 Å². The monoisotopic (exact) mass is 276 g/mol. The highest BCUT2D eigenvalue weighted by Crippen LogP contribution is 2.26. The van der Waals surface area contributed by atoms with E-state index in [1.807, 2.05) is 24.3 Å². The van der Waals surface area contributed by atoms with Crippen LogP contribution in [0, 0.1) is 5.92 Å². The van der Waals surface area contributed by atoms with Crippen molar-refractivity contribution in [3.8, 4) is 0 Å². The van der Waals surface area contributed by atoms with Crippen LogP contribution in [-0.2, 0) is 22.6 Å². The Morgan fingerprint density at radius 2 is 2.10 bits per heavy atom. The Balaban J connectivity index is 1.93. The van der Waals surface area contributed by atoms with Crippen LogP contribution >= 0.6 is 0 Å². The zero-order chi connectivity index (χ0) is 14.4. The summed E-state index contributed by atoms with van der Waals surface area (Å²) in [5.74, 6) is 5.72. The molecule has 1 saturated carbocycles. The van der Waals surface area contributed by atoms with Crippen molar-refractivity contribution in [3.05, 3.63) is 35.4 Å². The van der Waals surface area contributed by atoms with Crippen LogP contribution in [0.3, 0.4) is 0 Å². The van der Waals surface area contributed by atoms with Gasteiger partial charge < -0.3 is 4.74 Å². The van der Waals surface area contributed by atoms with Crippen molar-refractivity contribution in [2.75, 3.05) is 0 Å². The first-order chi connectivity index (χ1) is 9.69. The number of carbonyl (C=O) groups is 1. The Morgan fingerprint density at radius 1 is 1.35 bits per heavy atom. The Morgan fingerprint density at radius 3 is 2.80 bits per heavy atom. The molecule has 0 bridgehead atoms. The summed E-state index contributed by atoms with van der Waals surface area (Å²) < 4.78 is 6.03. The lowest BCUT2D eigenvalue weighted by Crippen LogP contribution is -2.31. The van der Waals surface area contributed by atoms with Crippen molar-refractivity contribution in [1.82, 2.24) is 5.43 Å². The molecular formula is C16H24N2O2. The summed E-state index contributed by atoms with van der Waals surface area (Å²) in [6.45, 7) is 2.86. The van der Waals surface area contributed by atoms with E-state index in [1.54, 1.807) is 0 Å². The van der Waals surface area contributed by atoms with Gasteiger partial charge in [0, 0.05) is 0 Å². The molecular weight excluding hydrogens is 252 g/mol. The van der Waals surface area contributed by atoms with Gasteiger partial charge in [0.1, 0.15) is 0 Å². The average molecular weight is 276 g/mol. The molecule has 0 radical (unpaired) electrons. The molecule has 0 aromatic heterocycles. The van der Waals surface area contributed by atoms with Gasteiger partial charge in [-0.25, -0.2) is 5.84 Å². The second-order valence-electron chi connectivity index (χ2n) is 5.72. The second-order valence-corrected chi connectivity index (χ2v) is 5.72. The Bertz CT molecular complexity index is 448. The molecule has 0 aliphatic heterocycles. The molecule has 2 atom stereocenters. The molecule has 20 heavy (non-hydrogen) atoms. The molecule has 1 aliphatic rings. The minimum absolute atomic E-state index is 0.177. The molecule has 2 rings (SSSR count). The summed E-state index contributed by atoms with van der Waals surface area (Å²) in [4.78, 5) is 11.4. The SMILES string of the molecule is CC1CCCC(OCc2ccccc2CC(=O)NN)C1. The lowest BCUT2D eigenvalue weighted by Gasteiger charge is -2.27. The first kappa shape index (κ1) is 15.0. The van der Waals surface area contributed by atoms with Gasteiger partial charge in [-0.3, -0.25) is 10.2 Å². The maximum Gasteiger partial charge on any atom is 0.238 e. The maximum absolute atomic E-state index is 11.4. The molecule has 1 aliphatic carbocycles. The van der Waals surface area contributed by atoms with Crippen LogP contribution in [0.15, 0.2) is 24.3 Å². The van der Waals surface area contributed by atoms with Crippen molar-refractivity contribution < 1.29 is 9.53 Å². The van der Waals surface area contributed by atoms with E-state index < -0.39 is 0 Å². The number of hydrogen-bond acceptors (Lipinski definition) is 3. The fraction of sp³-hybridized carbons (Fsp3) is 0.562. The van der Waals surface area contributed by atoms with Gasteiger partial charge in [0.25, 0.3) is 0 Å². The number of nitrogens with one attached hydrogen (secondary N) is 1. The van der Waals surface area contributed by atoms with Gasteiger partial charge in [-0.2, -0.15) is 0 Å². The van der Waals surface area contributed by atoms with Crippen LogP contribution in [0.2, 0.25) is 0 Å². The lowest BCUT2D eigenvalue weighted by atomic mass is 9.89. The van der Waals surface area contributed by atoms with Crippen molar-refractivity contribution in [1.29, 1.82) is 0 Å². The highest BCUT2D eigenvalue weighted by atomic mass is 16.5. The lowest BCUT2D eigenvalue weighted by molar-refractivity contribution is -0.120. The van der Waals surface area contributed by atoms with Crippen molar-refractivity contribution in [2.45, 2.75) is 51.7 Å². The third-order valence-electron chi connectivity index (χ3n) is 3.99. The molecule has 110 valence electrons. The van der Waals surface area contributed by atoms with E-state index in [-0.39, 0.29) is 5.91 Å². The first-order valence-corrected chi connectivity index (χ1v) is 7.37. The van der Waals surface area contributed by atoms with E-state index in [1.165, 1.54) is 12.8 Å². The van der Waals surface area contributed by atoms with E-state index in [2.05, 4.69) is 12.3 Å². The van der Waals surface area contributed by atoms with Gasteiger partial charge in [0.05, 0.1) is 19.1 Å². The first-order valence-electron chi connectivity index (χ1n) is 7.37. The minimum Gasteiger partial charge on any atom is -0.374 e. The predicted octanol–water partition coefficient (Wildman–Crippen LogP) is 2.31. The quantitative estimate of drug-likeness (QED) is 0.493. The van der Waals surface area contributed by atoms with E-state index in [9.17, 15) is 4.79 Å². The van der Waals surface area contributed by atoms with Crippen LogP contribution in [0.4, 0.5) is 0 Å². The molecule has 0 heterocycles. The van der Waals surface area contributed by atoms with Gasteiger partial charge in [-0.15, -0.1) is 0 Å².